The Labute approximate surface area is 160 Å². The van der Waals surface area contributed by atoms with E-state index in [0.29, 0.717) is 38.0 Å². The van der Waals surface area contributed by atoms with Crippen LogP contribution in [0.3, 0.4) is 0 Å². The van der Waals surface area contributed by atoms with Crippen LogP contribution in [-0.2, 0) is 18.4 Å². The molecule has 0 spiro atoms. The average Bonchev–Trinajstić information content (AvgIpc) is 3.12. The highest BCUT2D eigenvalue weighted by atomic mass is 16.2. The number of hydrogen-bond acceptors (Lipinski definition) is 4. The maximum atomic E-state index is 13.0. The lowest BCUT2D eigenvalue weighted by atomic mass is 9.94. The van der Waals surface area contributed by atoms with Crippen LogP contribution in [0.15, 0.2) is 36.9 Å². The van der Waals surface area contributed by atoms with Crippen LogP contribution in [0.1, 0.15) is 42.4 Å². The van der Waals surface area contributed by atoms with Gasteiger partial charge in [0.05, 0.1) is 6.54 Å². The summed E-state index contributed by atoms with van der Waals surface area (Å²) >= 11 is 0. The monoisotopic (exact) mass is 369 g/mol. The topological polar surface area (TPSA) is 71.3 Å². The third kappa shape index (κ3) is 4.53. The number of hydrogen-bond donors (Lipinski definition) is 0. The molecule has 1 aliphatic rings. The molecule has 0 N–H and O–H groups in total. The van der Waals surface area contributed by atoms with Crippen LogP contribution in [0, 0.1) is 5.92 Å². The number of pyridine rings is 1. The summed E-state index contributed by atoms with van der Waals surface area (Å²) in [6.45, 7) is 4.56. The van der Waals surface area contributed by atoms with Crippen LogP contribution >= 0.6 is 0 Å². The molecule has 0 saturated carbocycles. The molecular formula is C20H27N5O2. The molecule has 0 atom stereocenters. The molecule has 7 nitrogen and oxygen atoms in total. The van der Waals surface area contributed by atoms with Gasteiger partial charge >= 0.3 is 0 Å². The molecule has 3 heterocycles. The Morgan fingerprint density at radius 1 is 1.19 bits per heavy atom. The van der Waals surface area contributed by atoms with Gasteiger partial charge in [-0.2, -0.15) is 0 Å². The molecule has 0 bridgehead atoms. The zero-order chi connectivity index (χ0) is 19.2. The fourth-order valence-corrected chi connectivity index (χ4v) is 3.52. The third-order valence-electron chi connectivity index (χ3n) is 5.12. The number of piperidine rings is 1. The summed E-state index contributed by atoms with van der Waals surface area (Å²) in [5, 5.41) is 0. The number of carbonyl (C=O) groups excluding carboxylic acids is 2. The van der Waals surface area contributed by atoms with Gasteiger partial charge in [-0.05, 0) is 31.4 Å². The molecule has 1 saturated heterocycles. The Morgan fingerprint density at radius 3 is 2.48 bits per heavy atom. The Balaban J connectivity index is 1.59. The van der Waals surface area contributed by atoms with Gasteiger partial charge in [-0.3, -0.25) is 14.6 Å². The fraction of sp³-hybridized carbons (Fsp3) is 0.500. The molecule has 27 heavy (non-hydrogen) atoms. The van der Waals surface area contributed by atoms with Crippen molar-refractivity contribution in [2.24, 2.45) is 13.0 Å². The Hall–Kier alpha value is -2.70. The van der Waals surface area contributed by atoms with Crippen LogP contribution in [-0.4, -0.2) is 55.8 Å². The summed E-state index contributed by atoms with van der Waals surface area (Å²) in [7, 11) is 1.94. The number of amides is 2. The quantitative estimate of drug-likeness (QED) is 0.782. The molecule has 144 valence electrons. The number of nitrogens with zero attached hydrogens (tertiary/aromatic N) is 5. The first-order valence-electron chi connectivity index (χ1n) is 9.54. The lowest BCUT2D eigenvalue weighted by molar-refractivity contribution is -0.137. The zero-order valence-corrected chi connectivity index (χ0v) is 16.0. The second kappa shape index (κ2) is 8.79. The summed E-state index contributed by atoms with van der Waals surface area (Å²) in [6, 6.07) is 3.46. The van der Waals surface area contributed by atoms with Gasteiger partial charge in [-0.15, -0.1) is 0 Å². The van der Waals surface area contributed by atoms with E-state index in [-0.39, 0.29) is 17.7 Å². The summed E-state index contributed by atoms with van der Waals surface area (Å²) in [6.07, 6.45) is 9.23. The number of likely N-dealkylation sites (tertiary alicyclic amines) is 1. The number of imidazole rings is 1. The highest BCUT2D eigenvalue weighted by Gasteiger charge is 2.30. The van der Waals surface area contributed by atoms with E-state index < -0.39 is 0 Å². The van der Waals surface area contributed by atoms with Crippen molar-refractivity contribution in [3.63, 3.8) is 0 Å². The van der Waals surface area contributed by atoms with E-state index in [0.717, 1.165) is 18.8 Å². The van der Waals surface area contributed by atoms with Crippen LogP contribution in [0.5, 0.6) is 0 Å². The van der Waals surface area contributed by atoms with E-state index in [4.69, 9.17) is 0 Å². The van der Waals surface area contributed by atoms with E-state index in [1.54, 1.807) is 30.7 Å². The molecule has 3 rings (SSSR count). The Bertz CT molecular complexity index is 766. The van der Waals surface area contributed by atoms with Gasteiger partial charge in [0.2, 0.25) is 5.91 Å². The highest BCUT2D eigenvalue weighted by molar-refractivity contribution is 5.94. The SMILES string of the molecule is CCCN(Cc1nccn1C)C(=O)C1CCN(C(=O)c2ccncc2)CC1. The maximum Gasteiger partial charge on any atom is 0.253 e. The van der Waals surface area contributed by atoms with Crippen LogP contribution < -0.4 is 0 Å². The standard InChI is InChI=1S/C20H27N5O2/c1-3-11-25(15-18-22-10-14-23(18)2)20(27)17-6-12-24(13-7-17)19(26)16-4-8-21-9-5-16/h4-5,8-10,14,17H,3,6-7,11-13,15H2,1-2H3. The van der Waals surface area contributed by atoms with E-state index in [1.165, 1.54) is 0 Å². The van der Waals surface area contributed by atoms with Gasteiger partial charge in [0, 0.05) is 63.0 Å². The first-order valence-corrected chi connectivity index (χ1v) is 9.54. The van der Waals surface area contributed by atoms with Crippen molar-refractivity contribution < 1.29 is 9.59 Å². The lowest BCUT2D eigenvalue weighted by Gasteiger charge is -2.34. The van der Waals surface area contributed by atoms with Gasteiger partial charge < -0.3 is 14.4 Å². The first-order chi connectivity index (χ1) is 13.1. The van der Waals surface area contributed by atoms with Crippen LogP contribution in [0.2, 0.25) is 0 Å². The second-order valence-corrected chi connectivity index (χ2v) is 7.02. The zero-order valence-electron chi connectivity index (χ0n) is 16.0. The third-order valence-corrected chi connectivity index (χ3v) is 5.12. The summed E-state index contributed by atoms with van der Waals surface area (Å²) in [5.74, 6) is 1.05. The summed E-state index contributed by atoms with van der Waals surface area (Å²) < 4.78 is 1.95. The number of aryl methyl sites for hydroxylation is 1. The fourth-order valence-electron chi connectivity index (χ4n) is 3.52. The minimum Gasteiger partial charge on any atom is -0.339 e. The maximum absolute atomic E-state index is 13.0. The van der Waals surface area contributed by atoms with E-state index >= 15 is 0 Å². The molecule has 0 aliphatic carbocycles. The van der Waals surface area contributed by atoms with E-state index in [9.17, 15) is 9.59 Å². The van der Waals surface area contributed by atoms with Crippen molar-refractivity contribution >= 4 is 11.8 Å². The molecular weight excluding hydrogens is 342 g/mol. The molecule has 0 radical (unpaired) electrons. The number of carbonyl (C=O) groups is 2. The smallest absolute Gasteiger partial charge is 0.253 e. The largest absolute Gasteiger partial charge is 0.339 e. The van der Waals surface area contributed by atoms with E-state index in [1.807, 2.05) is 27.6 Å². The molecule has 2 amide bonds. The molecule has 0 unspecified atom stereocenters. The minimum absolute atomic E-state index is 0.0155. The predicted molar refractivity (Wildman–Crippen MR) is 102 cm³/mol. The van der Waals surface area contributed by atoms with Gasteiger partial charge in [0.25, 0.3) is 5.91 Å². The number of aromatic nitrogens is 3. The molecule has 2 aromatic heterocycles. The Morgan fingerprint density at radius 2 is 1.89 bits per heavy atom. The van der Waals surface area contributed by atoms with Crippen LogP contribution in [0.25, 0.3) is 0 Å². The molecule has 1 fully saturated rings. The van der Waals surface area contributed by atoms with E-state index in [2.05, 4.69) is 16.9 Å². The average molecular weight is 369 g/mol. The van der Waals surface area contributed by atoms with Crippen molar-refractivity contribution in [1.29, 1.82) is 0 Å². The molecule has 0 aromatic carbocycles. The minimum atomic E-state index is -0.0293. The lowest BCUT2D eigenvalue weighted by Crippen LogP contribution is -2.44. The molecule has 7 heteroatoms. The normalized spacial score (nSPS) is 15.0. The highest BCUT2D eigenvalue weighted by Crippen LogP contribution is 2.22. The number of rotatable bonds is 6. The van der Waals surface area contributed by atoms with Gasteiger partial charge in [0.15, 0.2) is 0 Å². The Kier molecular flexibility index (Phi) is 6.21. The van der Waals surface area contributed by atoms with Crippen molar-refractivity contribution in [3.05, 3.63) is 48.3 Å². The molecule has 2 aromatic rings. The predicted octanol–water partition coefficient (Wildman–Crippen LogP) is 2.11. The first kappa shape index (κ1) is 19.1. The van der Waals surface area contributed by atoms with Gasteiger partial charge in [-0.25, -0.2) is 4.98 Å². The van der Waals surface area contributed by atoms with Crippen molar-refractivity contribution in [1.82, 2.24) is 24.3 Å². The van der Waals surface area contributed by atoms with Gasteiger partial charge in [-0.1, -0.05) is 6.92 Å². The van der Waals surface area contributed by atoms with Crippen molar-refractivity contribution in [3.8, 4) is 0 Å². The summed E-state index contributed by atoms with van der Waals surface area (Å²) in [5.41, 5.74) is 0.650. The molecule has 1 aliphatic heterocycles. The van der Waals surface area contributed by atoms with Crippen molar-refractivity contribution in [2.45, 2.75) is 32.7 Å². The van der Waals surface area contributed by atoms with Crippen LogP contribution in [0.4, 0.5) is 0 Å². The van der Waals surface area contributed by atoms with Gasteiger partial charge in [0.1, 0.15) is 5.82 Å². The van der Waals surface area contributed by atoms with Crippen molar-refractivity contribution in [2.75, 3.05) is 19.6 Å². The second-order valence-electron chi connectivity index (χ2n) is 7.02. The summed E-state index contributed by atoms with van der Waals surface area (Å²) in [4.78, 5) is 37.6.